The smallest absolute Gasteiger partial charge is 0.257 e. The molecule has 1 aromatic carbocycles. The van der Waals surface area contributed by atoms with Crippen molar-refractivity contribution >= 4 is 17.5 Å². The summed E-state index contributed by atoms with van der Waals surface area (Å²) in [5, 5.41) is 7.74. The van der Waals surface area contributed by atoms with E-state index in [-0.39, 0.29) is 23.9 Å². The molecule has 3 unspecified atom stereocenters. The maximum atomic E-state index is 12.8. The van der Waals surface area contributed by atoms with E-state index < -0.39 is 0 Å². The molecule has 0 radical (unpaired) electrons. The van der Waals surface area contributed by atoms with Crippen LogP contribution in [0, 0.1) is 17.8 Å². The van der Waals surface area contributed by atoms with E-state index in [2.05, 4.69) is 15.5 Å². The van der Waals surface area contributed by atoms with Gasteiger partial charge in [-0.05, 0) is 68.7 Å². The van der Waals surface area contributed by atoms with Crippen molar-refractivity contribution in [3.05, 3.63) is 35.1 Å². The number of nitrogens with two attached hydrogens (primary N) is 1. The maximum Gasteiger partial charge on any atom is 0.257 e. The molecule has 0 saturated heterocycles. The molecule has 27 heavy (non-hydrogen) atoms. The minimum absolute atomic E-state index is 0.0326. The van der Waals surface area contributed by atoms with Gasteiger partial charge < -0.3 is 15.6 Å². The predicted molar refractivity (Wildman–Crippen MR) is 103 cm³/mol. The van der Waals surface area contributed by atoms with Gasteiger partial charge in [0.1, 0.15) is 0 Å². The molecule has 2 saturated carbocycles. The molecular weight excluding hydrogens is 364 g/mol. The summed E-state index contributed by atoms with van der Waals surface area (Å²) in [6, 6.07) is 7.16. The van der Waals surface area contributed by atoms with Gasteiger partial charge in [-0.2, -0.15) is 4.98 Å². The Morgan fingerprint density at radius 1 is 1.26 bits per heavy atom. The number of benzene rings is 1. The number of aromatic nitrogens is 2. The molecule has 6 nitrogen and oxygen atoms in total. The lowest BCUT2D eigenvalue weighted by Gasteiger charge is -2.43. The van der Waals surface area contributed by atoms with Crippen molar-refractivity contribution in [2.24, 2.45) is 23.5 Å². The van der Waals surface area contributed by atoms with Crippen LogP contribution in [0.25, 0.3) is 11.5 Å². The lowest BCUT2D eigenvalue weighted by Crippen LogP contribution is -2.49. The number of carbonyl (C=O) groups excluding carboxylic acids is 1. The average molecular weight is 389 g/mol. The minimum Gasteiger partial charge on any atom is -0.346 e. The van der Waals surface area contributed by atoms with Crippen LogP contribution < -0.4 is 11.1 Å². The van der Waals surface area contributed by atoms with Gasteiger partial charge in [0.25, 0.3) is 5.89 Å². The number of fused-ring (bicyclic) bond motifs is 2. The summed E-state index contributed by atoms with van der Waals surface area (Å²) in [5.74, 6) is 1.95. The summed E-state index contributed by atoms with van der Waals surface area (Å²) in [6.07, 6.45) is 5.31. The zero-order chi connectivity index (χ0) is 19.0. The van der Waals surface area contributed by atoms with Gasteiger partial charge in [0.05, 0.1) is 6.04 Å². The van der Waals surface area contributed by atoms with E-state index in [1.807, 2.05) is 19.1 Å². The number of hydrogen-bond donors (Lipinski definition) is 2. The number of rotatable bonds is 4. The molecule has 2 aliphatic carbocycles. The molecule has 2 fully saturated rings. The highest BCUT2D eigenvalue weighted by Gasteiger charge is 2.40. The summed E-state index contributed by atoms with van der Waals surface area (Å²) in [4.78, 5) is 17.2. The van der Waals surface area contributed by atoms with Crippen LogP contribution in [-0.2, 0) is 4.79 Å². The second-order valence-electron chi connectivity index (χ2n) is 7.89. The Morgan fingerprint density at radius 2 is 1.93 bits per heavy atom. The third-order valence-electron chi connectivity index (χ3n) is 6.06. The molecule has 0 aliphatic heterocycles. The highest BCUT2D eigenvalue weighted by atomic mass is 35.5. The summed E-state index contributed by atoms with van der Waals surface area (Å²) in [6.45, 7) is 1.88. The Kier molecular flexibility index (Phi) is 5.19. The SMILES string of the molecule is CC(NC(=O)C1CC2CCCC(C1)C2N)c1noc(-c2ccc(Cl)cc2)n1. The molecule has 144 valence electrons. The Morgan fingerprint density at radius 3 is 2.59 bits per heavy atom. The van der Waals surface area contributed by atoms with Gasteiger partial charge in [0.2, 0.25) is 5.91 Å². The highest BCUT2D eigenvalue weighted by Crippen LogP contribution is 2.42. The molecular formula is C20H25ClN4O2. The molecule has 3 N–H and O–H groups in total. The highest BCUT2D eigenvalue weighted by molar-refractivity contribution is 6.30. The van der Waals surface area contributed by atoms with Crippen molar-refractivity contribution in [3.8, 4) is 11.5 Å². The molecule has 2 bridgehead atoms. The molecule has 7 heteroatoms. The lowest BCUT2D eigenvalue weighted by atomic mass is 9.65. The second kappa shape index (κ2) is 7.60. The first-order valence-electron chi connectivity index (χ1n) is 9.66. The predicted octanol–water partition coefficient (Wildman–Crippen LogP) is 3.72. The van der Waals surface area contributed by atoms with Gasteiger partial charge in [-0.3, -0.25) is 4.79 Å². The third kappa shape index (κ3) is 3.87. The first kappa shape index (κ1) is 18.4. The van der Waals surface area contributed by atoms with Crippen molar-refractivity contribution in [2.45, 2.75) is 51.1 Å². The minimum atomic E-state index is -0.308. The van der Waals surface area contributed by atoms with Crippen LogP contribution in [-0.4, -0.2) is 22.1 Å². The van der Waals surface area contributed by atoms with E-state index in [1.54, 1.807) is 12.1 Å². The molecule has 2 aromatic rings. The quantitative estimate of drug-likeness (QED) is 0.832. The molecule has 1 aromatic heterocycles. The van der Waals surface area contributed by atoms with Crippen LogP contribution in [0.3, 0.4) is 0 Å². The van der Waals surface area contributed by atoms with E-state index in [9.17, 15) is 4.79 Å². The van der Waals surface area contributed by atoms with Gasteiger partial charge in [0, 0.05) is 22.5 Å². The lowest BCUT2D eigenvalue weighted by molar-refractivity contribution is -0.128. The maximum absolute atomic E-state index is 12.8. The summed E-state index contributed by atoms with van der Waals surface area (Å²) in [5.41, 5.74) is 7.13. The number of nitrogens with zero attached hydrogens (tertiary/aromatic N) is 2. The number of hydrogen-bond acceptors (Lipinski definition) is 5. The van der Waals surface area contributed by atoms with E-state index >= 15 is 0 Å². The van der Waals surface area contributed by atoms with Crippen molar-refractivity contribution in [2.75, 3.05) is 0 Å². The number of nitrogens with one attached hydrogen (secondary N) is 1. The van der Waals surface area contributed by atoms with Crippen molar-refractivity contribution in [3.63, 3.8) is 0 Å². The van der Waals surface area contributed by atoms with Crippen LogP contribution in [0.2, 0.25) is 5.02 Å². The fourth-order valence-corrected chi connectivity index (χ4v) is 4.65. The van der Waals surface area contributed by atoms with Gasteiger partial charge in [-0.1, -0.05) is 23.2 Å². The van der Waals surface area contributed by atoms with E-state index in [1.165, 1.54) is 6.42 Å². The summed E-state index contributed by atoms with van der Waals surface area (Å²) >= 11 is 5.91. The van der Waals surface area contributed by atoms with Crippen LogP contribution in [0.5, 0.6) is 0 Å². The molecule has 2 aliphatic rings. The molecule has 1 heterocycles. The van der Waals surface area contributed by atoms with Gasteiger partial charge >= 0.3 is 0 Å². The Hall–Kier alpha value is -1.92. The Bertz CT molecular complexity index is 793. The van der Waals surface area contributed by atoms with E-state index in [0.29, 0.717) is 28.6 Å². The molecule has 4 rings (SSSR count). The Labute approximate surface area is 163 Å². The topological polar surface area (TPSA) is 94.0 Å². The standard InChI is InChI=1S/C20H25ClN4O2/c1-11(18-24-20(27-25-18)12-5-7-16(21)8-6-12)23-19(26)15-9-13-3-2-4-14(10-15)17(13)22/h5-8,11,13-15,17H,2-4,9-10,22H2,1H3,(H,23,26). The van der Waals surface area contributed by atoms with Crippen molar-refractivity contribution < 1.29 is 9.32 Å². The molecule has 1 amide bonds. The second-order valence-corrected chi connectivity index (χ2v) is 8.33. The first-order chi connectivity index (χ1) is 13.0. The van der Waals surface area contributed by atoms with Gasteiger partial charge in [0.15, 0.2) is 5.82 Å². The number of amides is 1. The number of carbonyl (C=O) groups is 1. The van der Waals surface area contributed by atoms with E-state index in [0.717, 1.165) is 31.2 Å². The van der Waals surface area contributed by atoms with Gasteiger partial charge in [-0.15, -0.1) is 0 Å². The van der Waals surface area contributed by atoms with Gasteiger partial charge in [-0.25, -0.2) is 0 Å². The zero-order valence-electron chi connectivity index (χ0n) is 15.4. The van der Waals surface area contributed by atoms with E-state index in [4.69, 9.17) is 21.9 Å². The fourth-order valence-electron chi connectivity index (χ4n) is 4.52. The summed E-state index contributed by atoms with van der Waals surface area (Å²) < 4.78 is 5.34. The van der Waals surface area contributed by atoms with Crippen molar-refractivity contribution in [1.29, 1.82) is 0 Å². The first-order valence-corrected chi connectivity index (χ1v) is 10.0. The third-order valence-corrected chi connectivity index (χ3v) is 6.31. The monoisotopic (exact) mass is 388 g/mol. The van der Waals surface area contributed by atoms with Crippen LogP contribution in [0.1, 0.15) is 50.9 Å². The molecule has 0 spiro atoms. The van der Waals surface area contributed by atoms with Crippen LogP contribution in [0.4, 0.5) is 0 Å². The van der Waals surface area contributed by atoms with Crippen LogP contribution in [0.15, 0.2) is 28.8 Å². The summed E-state index contributed by atoms with van der Waals surface area (Å²) in [7, 11) is 0. The fraction of sp³-hybridized carbons (Fsp3) is 0.550. The van der Waals surface area contributed by atoms with Crippen LogP contribution >= 0.6 is 11.6 Å². The average Bonchev–Trinajstić information content (AvgIpc) is 3.12. The largest absolute Gasteiger partial charge is 0.346 e. The number of halogens is 1. The molecule has 3 atom stereocenters. The Balaban J connectivity index is 1.40. The van der Waals surface area contributed by atoms with Crippen molar-refractivity contribution in [1.82, 2.24) is 15.5 Å². The zero-order valence-corrected chi connectivity index (χ0v) is 16.2. The normalized spacial score (nSPS) is 28.6.